The molecule has 98 valence electrons. The molecule has 0 saturated carbocycles. The molecule has 0 saturated heterocycles. The van der Waals surface area contributed by atoms with Crippen LogP contribution >= 0.6 is 11.3 Å². The second-order valence-electron chi connectivity index (χ2n) is 4.38. The lowest BCUT2D eigenvalue weighted by atomic mass is 10.3. The van der Waals surface area contributed by atoms with Gasteiger partial charge >= 0.3 is 0 Å². The van der Waals surface area contributed by atoms with Crippen molar-refractivity contribution in [1.29, 1.82) is 0 Å². The van der Waals surface area contributed by atoms with Crippen LogP contribution in [0.5, 0.6) is 0 Å². The first kappa shape index (κ1) is 12.1. The molecule has 3 rings (SSSR count). The predicted molar refractivity (Wildman–Crippen MR) is 76.6 cm³/mol. The molecular weight excluding hydrogens is 260 g/mol. The standard InChI is InChI=1S/C12H14N6S/c1-6-4-9-10(18-5-14-7(2)8(18)3)15-12(17-13)16-11(9)19-6/h4-5H,13H2,1-3H3,(H,15,16,17). The summed E-state index contributed by atoms with van der Waals surface area (Å²) in [4.78, 5) is 15.3. The molecule has 7 heteroatoms. The molecule has 19 heavy (non-hydrogen) atoms. The van der Waals surface area contributed by atoms with Crippen LogP contribution in [0.25, 0.3) is 16.0 Å². The van der Waals surface area contributed by atoms with E-state index >= 15 is 0 Å². The lowest BCUT2D eigenvalue weighted by Crippen LogP contribution is -2.12. The molecule has 0 aromatic carbocycles. The van der Waals surface area contributed by atoms with Crippen LogP contribution < -0.4 is 11.3 Å². The van der Waals surface area contributed by atoms with E-state index in [4.69, 9.17) is 5.84 Å². The Morgan fingerprint density at radius 3 is 2.68 bits per heavy atom. The molecule has 0 radical (unpaired) electrons. The van der Waals surface area contributed by atoms with E-state index in [0.29, 0.717) is 5.95 Å². The maximum Gasteiger partial charge on any atom is 0.240 e. The number of rotatable bonds is 2. The summed E-state index contributed by atoms with van der Waals surface area (Å²) >= 11 is 1.62. The van der Waals surface area contributed by atoms with Crippen molar-refractivity contribution in [3.8, 4) is 5.82 Å². The molecule has 0 fully saturated rings. The minimum atomic E-state index is 0.412. The third-order valence-electron chi connectivity index (χ3n) is 3.10. The topological polar surface area (TPSA) is 81.7 Å². The lowest BCUT2D eigenvalue weighted by molar-refractivity contribution is 0.952. The quantitative estimate of drug-likeness (QED) is 0.552. The van der Waals surface area contributed by atoms with Gasteiger partial charge in [-0.05, 0) is 26.8 Å². The Morgan fingerprint density at radius 1 is 1.26 bits per heavy atom. The number of thiophene rings is 1. The molecule has 3 N–H and O–H groups in total. The summed E-state index contributed by atoms with van der Waals surface area (Å²) in [7, 11) is 0. The molecule has 3 aromatic heterocycles. The Kier molecular flexibility index (Phi) is 2.72. The number of aryl methyl sites for hydroxylation is 2. The average Bonchev–Trinajstić information content (AvgIpc) is 2.92. The summed E-state index contributed by atoms with van der Waals surface area (Å²) in [5, 5.41) is 1.02. The number of aromatic nitrogens is 4. The van der Waals surface area contributed by atoms with E-state index in [1.54, 1.807) is 17.7 Å². The molecular formula is C12H14N6S. The van der Waals surface area contributed by atoms with E-state index in [0.717, 1.165) is 27.4 Å². The fraction of sp³-hybridized carbons (Fsp3) is 0.250. The highest BCUT2D eigenvalue weighted by Crippen LogP contribution is 2.29. The van der Waals surface area contributed by atoms with Crippen molar-refractivity contribution in [2.75, 3.05) is 5.43 Å². The van der Waals surface area contributed by atoms with E-state index in [-0.39, 0.29) is 0 Å². The molecule has 0 unspecified atom stereocenters. The van der Waals surface area contributed by atoms with Gasteiger partial charge in [0.2, 0.25) is 5.95 Å². The molecule has 0 amide bonds. The molecule has 0 bridgehead atoms. The van der Waals surface area contributed by atoms with Crippen LogP contribution in [0.1, 0.15) is 16.3 Å². The highest BCUT2D eigenvalue weighted by atomic mass is 32.1. The predicted octanol–water partition coefficient (Wildman–Crippen LogP) is 2.09. The second-order valence-corrected chi connectivity index (χ2v) is 5.61. The zero-order valence-corrected chi connectivity index (χ0v) is 11.7. The van der Waals surface area contributed by atoms with Crippen molar-refractivity contribution >= 4 is 27.5 Å². The van der Waals surface area contributed by atoms with Crippen molar-refractivity contribution in [1.82, 2.24) is 19.5 Å². The molecule has 0 aliphatic rings. The van der Waals surface area contributed by atoms with Crippen LogP contribution in [0.4, 0.5) is 5.95 Å². The average molecular weight is 274 g/mol. The molecule has 6 nitrogen and oxygen atoms in total. The summed E-state index contributed by atoms with van der Waals surface area (Å²) in [5.41, 5.74) is 4.56. The van der Waals surface area contributed by atoms with Gasteiger partial charge < -0.3 is 0 Å². The molecule has 0 aliphatic heterocycles. The number of hydrogen-bond donors (Lipinski definition) is 2. The number of fused-ring (bicyclic) bond motifs is 1. The summed E-state index contributed by atoms with van der Waals surface area (Å²) in [6.45, 7) is 6.05. The lowest BCUT2D eigenvalue weighted by Gasteiger charge is -2.08. The number of nitrogen functional groups attached to an aromatic ring is 1. The minimum Gasteiger partial charge on any atom is -0.292 e. The number of anilines is 1. The summed E-state index contributed by atoms with van der Waals surface area (Å²) < 4.78 is 1.96. The van der Waals surface area contributed by atoms with Crippen molar-refractivity contribution in [2.45, 2.75) is 20.8 Å². The Bertz CT molecular complexity index is 757. The van der Waals surface area contributed by atoms with Gasteiger partial charge in [0, 0.05) is 10.6 Å². The highest BCUT2D eigenvalue weighted by Gasteiger charge is 2.14. The first-order valence-electron chi connectivity index (χ1n) is 5.86. The van der Waals surface area contributed by atoms with Crippen LogP contribution in [-0.4, -0.2) is 19.5 Å². The number of nitrogens with two attached hydrogens (primary N) is 1. The number of hydrogen-bond acceptors (Lipinski definition) is 6. The van der Waals surface area contributed by atoms with Crippen molar-refractivity contribution in [3.05, 3.63) is 28.7 Å². The Hall–Kier alpha value is -1.99. The van der Waals surface area contributed by atoms with Crippen molar-refractivity contribution in [3.63, 3.8) is 0 Å². The summed E-state index contributed by atoms with van der Waals surface area (Å²) in [6, 6.07) is 2.09. The third-order valence-corrected chi connectivity index (χ3v) is 4.05. The normalized spacial score (nSPS) is 11.2. The molecule has 0 atom stereocenters. The van der Waals surface area contributed by atoms with E-state index in [1.807, 2.05) is 18.4 Å². The Labute approximate surface area is 114 Å². The van der Waals surface area contributed by atoms with E-state index < -0.39 is 0 Å². The molecule has 0 aliphatic carbocycles. The second kappa shape index (κ2) is 4.29. The fourth-order valence-electron chi connectivity index (χ4n) is 1.99. The van der Waals surface area contributed by atoms with Gasteiger partial charge in [-0.3, -0.25) is 9.99 Å². The van der Waals surface area contributed by atoms with Crippen LogP contribution in [0.3, 0.4) is 0 Å². The SMILES string of the molecule is Cc1cc2c(-n3cnc(C)c3C)nc(NN)nc2s1. The van der Waals surface area contributed by atoms with Gasteiger partial charge in [-0.25, -0.2) is 15.8 Å². The number of hydrazine groups is 1. The van der Waals surface area contributed by atoms with Gasteiger partial charge in [-0.1, -0.05) is 0 Å². The maximum absolute atomic E-state index is 5.44. The zero-order valence-electron chi connectivity index (χ0n) is 10.9. The smallest absolute Gasteiger partial charge is 0.240 e. The van der Waals surface area contributed by atoms with Crippen LogP contribution in [0, 0.1) is 20.8 Å². The van der Waals surface area contributed by atoms with Crippen LogP contribution in [0.15, 0.2) is 12.4 Å². The van der Waals surface area contributed by atoms with Gasteiger partial charge in [0.1, 0.15) is 11.2 Å². The van der Waals surface area contributed by atoms with Crippen molar-refractivity contribution < 1.29 is 0 Å². The van der Waals surface area contributed by atoms with E-state index in [2.05, 4.69) is 33.4 Å². The fourth-order valence-corrected chi connectivity index (χ4v) is 2.86. The van der Waals surface area contributed by atoms with Gasteiger partial charge in [0.05, 0.1) is 11.1 Å². The number of imidazole rings is 1. The summed E-state index contributed by atoms with van der Waals surface area (Å²) in [6.07, 6.45) is 1.78. The van der Waals surface area contributed by atoms with Gasteiger partial charge in [0.25, 0.3) is 0 Å². The van der Waals surface area contributed by atoms with E-state index in [9.17, 15) is 0 Å². The molecule has 3 heterocycles. The van der Waals surface area contributed by atoms with Gasteiger partial charge in [-0.15, -0.1) is 11.3 Å². The van der Waals surface area contributed by atoms with Crippen molar-refractivity contribution in [2.24, 2.45) is 5.84 Å². The van der Waals surface area contributed by atoms with Crippen LogP contribution in [0.2, 0.25) is 0 Å². The number of nitrogens with zero attached hydrogens (tertiary/aromatic N) is 4. The minimum absolute atomic E-state index is 0.412. The highest BCUT2D eigenvalue weighted by molar-refractivity contribution is 7.18. The summed E-state index contributed by atoms with van der Waals surface area (Å²) in [5.74, 6) is 6.66. The molecule has 0 spiro atoms. The van der Waals surface area contributed by atoms with Gasteiger partial charge in [0.15, 0.2) is 5.82 Å². The van der Waals surface area contributed by atoms with Gasteiger partial charge in [-0.2, -0.15) is 4.98 Å². The largest absolute Gasteiger partial charge is 0.292 e. The van der Waals surface area contributed by atoms with Crippen LogP contribution in [-0.2, 0) is 0 Å². The Balaban J connectivity index is 2.35. The van der Waals surface area contributed by atoms with E-state index in [1.165, 1.54) is 4.88 Å². The zero-order chi connectivity index (χ0) is 13.6. The third kappa shape index (κ3) is 1.87. The number of nitrogens with one attached hydrogen (secondary N) is 1. The first-order valence-corrected chi connectivity index (χ1v) is 6.67. The molecule has 3 aromatic rings. The first-order chi connectivity index (χ1) is 9.10. The monoisotopic (exact) mass is 274 g/mol. The Morgan fingerprint density at radius 2 is 2.05 bits per heavy atom. The maximum atomic E-state index is 5.44.